The van der Waals surface area contributed by atoms with Gasteiger partial charge in [-0.15, -0.1) is 0 Å². The van der Waals surface area contributed by atoms with Gasteiger partial charge in [-0.2, -0.15) is 57.2 Å². The molecule has 0 aliphatic heterocycles. The van der Waals surface area contributed by atoms with Crippen LogP contribution in [0.2, 0.25) is 0 Å². The van der Waals surface area contributed by atoms with E-state index >= 15 is 0 Å². The van der Waals surface area contributed by atoms with Crippen LogP contribution < -0.4 is 0 Å². The summed E-state index contributed by atoms with van der Waals surface area (Å²) in [4.78, 5) is 0. The topological polar surface area (TPSA) is 0 Å². The molecule has 1 heteroatoms. The van der Waals surface area contributed by atoms with E-state index in [1.165, 1.54) is 5.92 Å². The van der Waals surface area contributed by atoms with Crippen molar-refractivity contribution < 1.29 is 19.5 Å². The van der Waals surface area contributed by atoms with Crippen LogP contribution in [0, 0.1) is 12.0 Å². The van der Waals surface area contributed by atoms with E-state index in [0.717, 1.165) is 0 Å². The molecule has 0 spiro atoms. The van der Waals surface area contributed by atoms with Crippen LogP contribution in [-0.2, 0) is 19.5 Å². The summed E-state index contributed by atoms with van der Waals surface area (Å²) in [6, 6.07) is 12.5. The van der Waals surface area contributed by atoms with Gasteiger partial charge in [-0.05, 0) is 0 Å². The first kappa shape index (κ1) is 13.4. The molecule has 0 aliphatic rings. The quantitative estimate of drug-likeness (QED) is 0.445. The third-order valence-corrected chi connectivity index (χ3v) is 0.607. The molecule has 0 fully saturated rings. The first-order chi connectivity index (χ1) is 4.73. The van der Waals surface area contributed by atoms with Crippen LogP contribution in [0.4, 0.5) is 0 Å². The Kier molecular flexibility index (Phi) is 12.0. The van der Waals surface area contributed by atoms with Crippen molar-refractivity contribution in [3.05, 3.63) is 42.3 Å². The molecule has 1 aromatic carbocycles. The summed E-state index contributed by atoms with van der Waals surface area (Å²) in [6.45, 7) is 6.25. The number of benzene rings is 1. The van der Waals surface area contributed by atoms with E-state index in [0.29, 0.717) is 0 Å². The summed E-state index contributed by atoms with van der Waals surface area (Å²) >= 11 is 0. The monoisotopic (exact) mass is 198 g/mol. The fourth-order valence-electron chi connectivity index (χ4n) is 0.342. The van der Waals surface area contributed by atoms with Gasteiger partial charge >= 0.3 is 19.5 Å². The second-order valence-electron chi connectivity index (χ2n) is 2.58. The molecule has 0 unspecified atom stereocenters. The zero-order valence-electron chi connectivity index (χ0n) is 7.59. The standard InChI is InChI=1S/C6H5.C4H9.Zn/c1-2-4-6-5-3-1;1-4(2)3;/h1-5H;1-3H3;/q2*-1;+2. The smallest absolute Gasteiger partial charge is 0.323 e. The average Bonchev–Trinajstić information content (AvgIpc) is 1.90. The predicted molar refractivity (Wildman–Crippen MR) is 45.5 cm³/mol. The molecule has 0 aliphatic carbocycles. The Morgan fingerprint density at radius 2 is 1.27 bits per heavy atom. The van der Waals surface area contributed by atoms with Gasteiger partial charge in [-0.25, -0.2) is 0 Å². The number of rotatable bonds is 0. The Morgan fingerprint density at radius 3 is 1.36 bits per heavy atom. The third kappa shape index (κ3) is 17.7. The first-order valence-electron chi connectivity index (χ1n) is 3.41. The van der Waals surface area contributed by atoms with Crippen LogP contribution in [-0.4, -0.2) is 0 Å². The van der Waals surface area contributed by atoms with Gasteiger partial charge in [-0.1, -0.05) is 0 Å². The van der Waals surface area contributed by atoms with Crippen molar-refractivity contribution in [2.75, 3.05) is 0 Å². The molecule has 0 radical (unpaired) electrons. The van der Waals surface area contributed by atoms with Crippen molar-refractivity contribution in [3.63, 3.8) is 0 Å². The Balaban J connectivity index is 0. The van der Waals surface area contributed by atoms with Crippen LogP contribution in [0.25, 0.3) is 0 Å². The van der Waals surface area contributed by atoms with E-state index in [2.05, 4.69) is 26.8 Å². The maximum absolute atomic E-state index is 2.89. The van der Waals surface area contributed by atoms with Crippen LogP contribution >= 0.6 is 0 Å². The molecule has 0 amide bonds. The molecule has 0 aromatic heterocycles. The van der Waals surface area contributed by atoms with Gasteiger partial charge in [0, 0.05) is 0 Å². The van der Waals surface area contributed by atoms with Crippen molar-refractivity contribution >= 4 is 0 Å². The van der Waals surface area contributed by atoms with E-state index in [9.17, 15) is 0 Å². The van der Waals surface area contributed by atoms with Crippen LogP contribution in [0.3, 0.4) is 0 Å². The molecule has 1 aromatic rings. The molecule has 1 rings (SSSR count). The molecule has 0 bridgehead atoms. The Hall–Kier alpha value is -0.157. The van der Waals surface area contributed by atoms with Gasteiger partial charge < -0.3 is 5.92 Å². The minimum Gasteiger partial charge on any atom is -0.323 e. The van der Waals surface area contributed by atoms with Crippen molar-refractivity contribution in [2.45, 2.75) is 20.8 Å². The van der Waals surface area contributed by atoms with Gasteiger partial charge in [0.15, 0.2) is 0 Å². The maximum atomic E-state index is 2.89. The minimum absolute atomic E-state index is 0. The summed E-state index contributed by atoms with van der Waals surface area (Å²) < 4.78 is 0. The van der Waals surface area contributed by atoms with E-state index in [-0.39, 0.29) is 19.5 Å². The normalized spacial score (nSPS) is 7.64. The second kappa shape index (κ2) is 9.84. The third-order valence-electron chi connectivity index (χ3n) is 0.607. The predicted octanol–water partition coefficient (Wildman–Crippen LogP) is 3.10. The molecule has 11 heavy (non-hydrogen) atoms. The Labute approximate surface area is 82.8 Å². The van der Waals surface area contributed by atoms with Crippen molar-refractivity contribution in [1.82, 2.24) is 0 Å². The second-order valence-corrected chi connectivity index (χ2v) is 2.58. The molecule has 56 valence electrons. The van der Waals surface area contributed by atoms with Gasteiger partial charge in [0.2, 0.25) is 0 Å². The van der Waals surface area contributed by atoms with Gasteiger partial charge in [0.25, 0.3) is 0 Å². The summed E-state index contributed by atoms with van der Waals surface area (Å²) in [5.74, 6) is 1.42. The zero-order valence-corrected chi connectivity index (χ0v) is 10.6. The Bertz CT molecular complexity index is 105. The SMILES string of the molecule is C[C-](C)C.[Zn+2].[c-]1ccccc1. The van der Waals surface area contributed by atoms with Gasteiger partial charge in [-0.3, -0.25) is 0 Å². The minimum atomic E-state index is 0. The molecule has 0 saturated heterocycles. The molecule has 0 N–H and O–H groups in total. The van der Waals surface area contributed by atoms with Gasteiger partial charge in [0.05, 0.1) is 0 Å². The van der Waals surface area contributed by atoms with Crippen molar-refractivity contribution in [2.24, 2.45) is 0 Å². The molecular weight excluding hydrogens is 185 g/mol. The number of hydrogen-bond acceptors (Lipinski definition) is 0. The first-order valence-corrected chi connectivity index (χ1v) is 3.41. The fourth-order valence-corrected chi connectivity index (χ4v) is 0.342. The van der Waals surface area contributed by atoms with Gasteiger partial charge in [0.1, 0.15) is 0 Å². The molecule has 0 heterocycles. The molecule has 0 saturated carbocycles. The van der Waals surface area contributed by atoms with Crippen LogP contribution in [0.15, 0.2) is 30.3 Å². The van der Waals surface area contributed by atoms with Crippen molar-refractivity contribution in [1.29, 1.82) is 0 Å². The molecule has 0 atom stereocenters. The summed E-state index contributed by atoms with van der Waals surface area (Å²) in [6.07, 6.45) is 0. The van der Waals surface area contributed by atoms with E-state index in [1.807, 2.05) is 30.3 Å². The summed E-state index contributed by atoms with van der Waals surface area (Å²) in [7, 11) is 0. The van der Waals surface area contributed by atoms with Crippen LogP contribution in [0.5, 0.6) is 0 Å². The maximum Gasteiger partial charge on any atom is 2.00 e. The van der Waals surface area contributed by atoms with E-state index in [4.69, 9.17) is 0 Å². The molecule has 0 nitrogen and oxygen atoms in total. The average molecular weight is 200 g/mol. The number of hydrogen-bond donors (Lipinski definition) is 0. The van der Waals surface area contributed by atoms with E-state index < -0.39 is 0 Å². The van der Waals surface area contributed by atoms with Crippen LogP contribution in [0.1, 0.15) is 20.8 Å². The van der Waals surface area contributed by atoms with Crippen molar-refractivity contribution in [3.8, 4) is 0 Å². The zero-order chi connectivity index (χ0) is 7.82. The summed E-state index contributed by atoms with van der Waals surface area (Å²) in [5, 5.41) is 0. The largest absolute Gasteiger partial charge is 2.00 e. The summed E-state index contributed by atoms with van der Waals surface area (Å²) in [5.41, 5.74) is 0. The molecular formula is C10H14Zn. The van der Waals surface area contributed by atoms with E-state index in [1.54, 1.807) is 0 Å². The fraction of sp³-hybridized carbons (Fsp3) is 0.300. The Morgan fingerprint density at radius 1 is 0.909 bits per heavy atom.